The van der Waals surface area contributed by atoms with Crippen LogP contribution in [0.25, 0.3) is 0 Å². The number of nitrogens with zero attached hydrogens (tertiary/aromatic N) is 1. The van der Waals surface area contributed by atoms with Gasteiger partial charge in [-0.15, -0.1) is 0 Å². The van der Waals surface area contributed by atoms with E-state index in [0.29, 0.717) is 15.7 Å². The summed E-state index contributed by atoms with van der Waals surface area (Å²) in [7, 11) is -3.82. The van der Waals surface area contributed by atoms with Gasteiger partial charge < -0.3 is 0 Å². The summed E-state index contributed by atoms with van der Waals surface area (Å²) in [5, 5.41) is 0.997. The second kappa shape index (κ2) is 6.67. The third-order valence-corrected chi connectivity index (χ3v) is 6.02. The Morgan fingerprint density at radius 2 is 1.59 bits per heavy atom. The highest BCUT2D eigenvalue weighted by Gasteiger charge is 2.27. The van der Waals surface area contributed by atoms with Gasteiger partial charge >= 0.3 is 0 Å². The van der Waals surface area contributed by atoms with Crippen LogP contribution < -0.4 is 4.31 Å². The van der Waals surface area contributed by atoms with E-state index in [9.17, 15) is 8.42 Å². The monoisotopic (exact) mass is 377 g/mol. The van der Waals surface area contributed by atoms with Crippen LogP contribution >= 0.6 is 34.8 Å². The first-order valence-electron chi connectivity index (χ1n) is 6.51. The number of halogens is 3. The van der Waals surface area contributed by atoms with Crippen LogP contribution in [0.15, 0.2) is 41.3 Å². The lowest BCUT2D eigenvalue weighted by atomic mass is 10.2. The minimum absolute atomic E-state index is 0.0159. The Morgan fingerprint density at radius 3 is 2.18 bits per heavy atom. The van der Waals surface area contributed by atoms with Crippen LogP contribution in [0.3, 0.4) is 0 Å². The van der Waals surface area contributed by atoms with Gasteiger partial charge in [0.1, 0.15) is 4.90 Å². The molecule has 2 aromatic rings. The van der Waals surface area contributed by atoms with Crippen LogP contribution in [-0.4, -0.2) is 15.0 Å². The zero-order valence-electron chi connectivity index (χ0n) is 12.0. The van der Waals surface area contributed by atoms with Crippen molar-refractivity contribution in [1.82, 2.24) is 0 Å². The summed E-state index contributed by atoms with van der Waals surface area (Å²) < 4.78 is 27.1. The van der Waals surface area contributed by atoms with Crippen LogP contribution in [0.5, 0.6) is 0 Å². The first-order chi connectivity index (χ1) is 10.3. The van der Waals surface area contributed by atoms with Crippen molar-refractivity contribution in [2.75, 3.05) is 10.8 Å². The third kappa shape index (κ3) is 3.35. The maximum absolute atomic E-state index is 12.9. The van der Waals surface area contributed by atoms with Crippen LogP contribution in [0.1, 0.15) is 12.5 Å². The van der Waals surface area contributed by atoms with Gasteiger partial charge in [-0.2, -0.15) is 0 Å². The molecule has 0 aliphatic heterocycles. The molecule has 2 rings (SSSR count). The van der Waals surface area contributed by atoms with Crippen LogP contribution in [0.2, 0.25) is 15.1 Å². The zero-order valence-corrected chi connectivity index (χ0v) is 15.1. The average Bonchev–Trinajstić information content (AvgIpc) is 2.44. The summed E-state index contributed by atoms with van der Waals surface area (Å²) in [5.74, 6) is 0. The molecule has 0 bridgehead atoms. The molecular weight excluding hydrogens is 365 g/mol. The van der Waals surface area contributed by atoms with Gasteiger partial charge in [0.25, 0.3) is 10.0 Å². The van der Waals surface area contributed by atoms with E-state index in [-0.39, 0.29) is 16.5 Å². The fourth-order valence-corrected chi connectivity index (χ4v) is 4.67. The molecule has 0 heterocycles. The molecular formula is C15H14Cl3NO2S. The molecule has 7 heteroatoms. The second-order valence-electron chi connectivity index (χ2n) is 4.68. The van der Waals surface area contributed by atoms with Crippen molar-refractivity contribution < 1.29 is 8.42 Å². The van der Waals surface area contributed by atoms with E-state index >= 15 is 0 Å². The van der Waals surface area contributed by atoms with Crippen LogP contribution in [-0.2, 0) is 10.0 Å². The number of hydrogen-bond donors (Lipinski definition) is 0. The van der Waals surface area contributed by atoms with Crippen molar-refractivity contribution in [2.45, 2.75) is 18.7 Å². The fraction of sp³-hybridized carbons (Fsp3) is 0.200. The van der Waals surface area contributed by atoms with Gasteiger partial charge in [0, 0.05) is 16.6 Å². The SMILES string of the molecule is CCN(c1ccc(Cl)cc1C)S(=O)(=O)c1cc(Cl)ccc1Cl. The Hall–Kier alpha value is -0.940. The molecule has 0 aliphatic carbocycles. The highest BCUT2D eigenvalue weighted by atomic mass is 35.5. The van der Waals surface area contributed by atoms with E-state index in [1.807, 2.05) is 0 Å². The second-order valence-corrected chi connectivity index (χ2v) is 7.79. The Kier molecular flexibility index (Phi) is 5.28. The highest BCUT2D eigenvalue weighted by Crippen LogP contribution is 2.32. The standard InChI is InChI=1S/C15H14Cl3NO2S/c1-3-19(14-7-5-11(16)8-10(14)2)22(20,21)15-9-12(17)4-6-13(15)18/h4-9H,3H2,1-2H3. The summed E-state index contributed by atoms with van der Waals surface area (Å²) in [6, 6.07) is 9.42. The van der Waals surface area contributed by atoms with Crippen molar-refractivity contribution in [2.24, 2.45) is 0 Å². The quantitative estimate of drug-likeness (QED) is 0.736. The molecule has 0 saturated heterocycles. The van der Waals surface area contributed by atoms with Crippen molar-refractivity contribution in [3.63, 3.8) is 0 Å². The predicted molar refractivity (Wildman–Crippen MR) is 92.9 cm³/mol. The minimum Gasteiger partial charge on any atom is -0.266 e. The first kappa shape index (κ1) is 17.4. The van der Waals surface area contributed by atoms with Gasteiger partial charge in [0.2, 0.25) is 0 Å². The van der Waals surface area contributed by atoms with Crippen LogP contribution in [0.4, 0.5) is 5.69 Å². The topological polar surface area (TPSA) is 37.4 Å². The molecule has 0 N–H and O–H groups in total. The Labute approximate surface area is 145 Å². The van der Waals surface area contributed by atoms with Gasteiger partial charge in [0.05, 0.1) is 10.7 Å². The summed E-state index contributed by atoms with van der Waals surface area (Å²) >= 11 is 17.9. The fourth-order valence-electron chi connectivity index (χ4n) is 2.16. The van der Waals surface area contributed by atoms with Crippen molar-refractivity contribution in [1.29, 1.82) is 0 Å². The number of hydrogen-bond acceptors (Lipinski definition) is 2. The molecule has 118 valence electrons. The summed E-state index contributed by atoms with van der Waals surface area (Å²) in [5.41, 5.74) is 1.32. The molecule has 3 nitrogen and oxygen atoms in total. The molecule has 0 amide bonds. The zero-order chi connectivity index (χ0) is 16.5. The van der Waals surface area contributed by atoms with E-state index in [0.717, 1.165) is 5.56 Å². The Balaban J connectivity index is 2.61. The highest BCUT2D eigenvalue weighted by molar-refractivity contribution is 7.93. The molecule has 0 spiro atoms. The minimum atomic E-state index is -3.82. The maximum Gasteiger partial charge on any atom is 0.265 e. The maximum atomic E-state index is 12.9. The van der Waals surface area contributed by atoms with Gasteiger partial charge in [0.15, 0.2) is 0 Å². The van der Waals surface area contributed by atoms with E-state index in [2.05, 4.69) is 0 Å². The van der Waals surface area contributed by atoms with Gasteiger partial charge in [-0.25, -0.2) is 8.42 Å². The first-order valence-corrected chi connectivity index (χ1v) is 9.08. The van der Waals surface area contributed by atoms with Gasteiger partial charge in [-0.1, -0.05) is 34.8 Å². The largest absolute Gasteiger partial charge is 0.266 e. The Bertz CT molecular complexity index is 806. The lowest BCUT2D eigenvalue weighted by molar-refractivity contribution is 0.592. The number of anilines is 1. The Morgan fingerprint density at radius 1 is 1.00 bits per heavy atom. The lowest BCUT2D eigenvalue weighted by Gasteiger charge is -2.25. The molecule has 0 aromatic heterocycles. The molecule has 0 atom stereocenters. The molecule has 0 unspecified atom stereocenters. The van der Waals surface area contributed by atoms with E-state index in [1.165, 1.54) is 16.4 Å². The molecule has 0 radical (unpaired) electrons. The number of rotatable bonds is 4. The number of sulfonamides is 1. The van der Waals surface area contributed by atoms with Crippen molar-refractivity contribution in [3.05, 3.63) is 57.0 Å². The molecule has 0 saturated carbocycles. The smallest absolute Gasteiger partial charge is 0.265 e. The van der Waals surface area contributed by atoms with Crippen molar-refractivity contribution >= 4 is 50.5 Å². The van der Waals surface area contributed by atoms with Gasteiger partial charge in [-0.3, -0.25) is 4.31 Å². The average molecular weight is 379 g/mol. The normalized spacial score (nSPS) is 11.5. The van der Waals surface area contributed by atoms with Crippen molar-refractivity contribution in [3.8, 4) is 0 Å². The molecule has 0 aliphatic rings. The number of benzene rings is 2. The lowest BCUT2D eigenvalue weighted by Crippen LogP contribution is -2.31. The van der Waals surface area contributed by atoms with E-state index < -0.39 is 10.0 Å². The predicted octanol–water partition coefficient (Wildman–Crippen LogP) is 5.17. The van der Waals surface area contributed by atoms with E-state index in [4.69, 9.17) is 34.8 Å². The molecule has 2 aromatic carbocycles. The third-order valence-electron chi connectivity index (χ3n) is 3.18. The van der Waals surface area contributed by atoms with E-state index in [1.54, 1.807) is 38.1 Å². The van der Waals surface area contributed by atoms with Crippen LogP contribution in [0, 0.1) is 6.92 Å². The molecule has 22 heavy (non-hydrogen) atoms. The molecule has 0 fully saturated rings. The van der Waals surface area contributed by atoms with Gasteiger partial charge in [-0.05, 0) is 55.8 Å². The summed E-state index contributed by atoms with van der Waals surface area (Å²) in [6.07, 6.45) is 0. The summed E-state index contributed by atoms with van der Waals surface area (Å²) in [6.45, 7) is 3.82. The summed E-state index contributed by atoms with van der Waals surface area (Å²) in [4.78, 5) is -0.0159. The number of aryl methyl sites for hydroxylation is 1.